The first kappa shape index (κ1) is 18.4. The number of fused-ring (bicyclic) bond motifs is 7. The molecule has 0 saturated heterocycles. The minimum absolute atomic E-state index is 0.000972. The number of hydrogen-bond donors (Lipinski definition) is 2. The Morgan fingerprint density at radius 2 is 1.32 bits per heavy atom. The van der Waals surface area contributed by atoms with Crippen molar-refractivity contribution >= 4 is 17.0 Å². The molecule has 7 rings (SSSR count). The Morgan fingerprint density at radius 3 is 2.10 bits per heavy atom. The van der Waals surface area contributed by atoms with Crippen LogP contribution in [0, 0.1) is 0 Å². The Labute approximate surface area is 181 Å². The Kier molecular flexibility index (Phi) is 4.37. The van der Waals surface area contributed by atoms with Gasteiger partial charge >= 0.3 is 0 Å². The topological polar surface area (TPSA) is 45.2 Å². The number of benzene rings is 3. The summed E-state index contributed by atoms with van der Waals surface area (Å²) in [7, 11) is 0. The van der Waals surface area contributed by atoms with Crippen LogP contribution in [-0.4, -0.2) is 10.1 Å². The molecule has 0 saturated carbocycles. The summed E-state index contributed by atoms with van der Waals surface area (Å²) in [5, 5.41) is 11.9. The second-order valence-electron chi connectivity index (χ2n) is 8.24. The van der Waals surface area contributed by atoms with Gasteiger partial charge in [0.1, 0.15) is 12.2 Å². The first-order valence-electron chi connectivity index (χ1n) is 10.7. The molecule has 0 radical (unpaired) electrons. The lowest BCUT2D eigenvalue weighted by Crippen LogP contribution is -2.13. The van der Waals surface area contributed by atoms with Crippen molar-refractivity contribution < 1.29 is 9.84 Å². The Balaban J connectivity index is 0.000000141. The van der Waals surface area contributed by atoms with Crippen molar-refractivity contribution in [3.05, 3.63) is 125 Å². The van der Waals surface area contributed by atoms with Crippen LogP contribution in [0.2, 0.25) is 0 Å². The fourth-order valence-electron chi connectivity index (χ4n) is 4.92. The van der Waals surface area contributed by atoms with E-state index in [1.165, 1.54) is 16.5 Å². The lowest BCUT2D eigenvalue weighted by molar-refractivity contribution is 0.0878. The fourth-order valence-corrected chi connectivity index (χ4v) is 4.92. The summed E-state index contributed by atoms with van der Waals surface area (Å²) < 4.78 is 5.63. The van der Waals surface area contributed by atoms with E-state index >= 15 is 0 Å². The highest BCUT2D eigenvalue weighted by Gasteiger charge is 2.32. The SMILES string of the molecule is C1=CC2OC1c1ccccc12.O[C@@H]1c2ccccc2C=C[C@H]1c1c[nH]c2ccccc12. The number of nitrogens with one attached hydrogen (secondary N) is 1. The molecule has 0 amide bonds. The molecule has 4 aromatic rings. The van der Waals surface area contributed by atoms with Gasteiger partial charge in [0.25, 0.3) is 0 Å². The van der Waals surface area contributed by atoms with Gasteiger partial charge in [0.05, 0.1) is 6.10 Å². The first-order valence-corrected chi connectivity index (χ1v) is 10.7. The zero-order valence-corrected chi connectivity index (χ0v) is 17.0. The number of aromatic nitrogens is 1. The summed E-state index contributed by atoms with van der Waals surface area (Å²) >= 11 is 0. The van der Waals surface area contributed by atoms with E-state index in [1.807, 2.05) is 42.6 Å². The summed E-state index contributed by atoms with van der Waals surface area (Å²) in [6, 6.07) is 24.7. The fraction of sp³-hybridized carbons (Fsp3) is 0.143. The van der Waals surface area contributed by atoms with E-state index in [9.17, 15) is 5.11 Å². The Morgan fingerprint density at radius 1 is 0.677 bits per heavy atom. The van der Waals surface area contributed by atoms with Crippen molar-refractivity contribution in [2.24, 2.45) is 0 Å². The molecule has 3 heteroatoms. The minimum atomic E-state index is -0.490. The van der Waals surface area contributed by atoms with E-state index in [1.54, 1.807) is 0 Å². The van der Waals surface area contributed by atoms with Gasteiger partial charge < -0.3 is 14.8 Å². The van der Waals surface area contributed by atoms with Crippen molar-refractivity contribution in [1.82, 2.24) is 4.98 Å². The molecule has 0 spiro atoms. The van der Waals surface area contributed by atoms with Crippen molar-refractivity contribution in [3.8, 4) is 0 Å². The number of ether oxygens (including phenoxy) is 1. The van der Waals surface area contributed by atoms with E-state index in [2.05, 4.69) is 65.7 Å². The number of aliphatic hydroxyl groups excluding tert-OH is 1. The summed E-state index contributed by atoms with van der Waals surface area (Å²) in [4.78, 5) is 3.28. The third kappa shape index (κ3) is 3.05. The molecule has 31 heavy (non-hydrogen) atoms. The van der Waals surface area contributed by atoms with Gasteiger partial charge in [-0.1, -0.05) is 91.0 Å². The van der Waals surface area contributed by atoms with Crippen LogP contribution < -0.4 is 0 Å². The van der Waals surface area contributed by atoms with E-state index < -0.39 is 6.10 Å². The molecule has 3 heterocycles. The van der Waals surface area contributed by atoms with Crippen LogP contribution in [-0.2, 0) is 4.74 Å². The highest BCUT2D eigenvalue weighted by molar-refractivity contribution is 5.84. The standard InChI is InChI=1S/C18H15NO.C10H8O/c20-18-13-6-2-1-5-12(13)9-10-15(18)16-11-19-17-8-4-3-7-14(16)17;1-2-4-8-7(3-1)9-5-6-10(8)11-9/h1-11,15,18-20H;1-6,9-10H/t15-,18+;/m0./s1. The average molecular weight is 405 g/mol. The van der Waals surface area contributed by atoms with Crippen LogP contribution in [0.1, 0.15) is 52.0 Å². The van der Waals surface area contributed by atoms with Crippen LogP contribution in [0.15, 0.2) is 97.2 Å². The lowest BCUT2D eigenvalue weighted by Gasteiger charge is -2.25. The maximum atomic E-state index is 10.7. The van der Waals surface area contributed by atoms with Gasteiger partial charge in [0, 0.05) is 23.0 Å². The van der Waals surface area contributed by atoms with Crippen LogP contribution in [0.3, 0.4) is 0 Å². The molecule has 4 atom stereocenters. The number of rotatable bonds is 1. The zero-order chi connectivity index (χ0) is 20.8. The molecule has 1 aromatic heterocycles. The maximum Gasteiger partial charge on any atom is 0.102 e. The number of aliphatic hydroxyl groups is 1. The molecule has 0 fully saturated rings. The summed E-state index contributed by atoms with van der Waals surface area (Å²) in [5.74, 6) is 0.000972. The van der Waals surface area contributed by atoms with Gasteiger partial charge in [-0.2, -0.15) is 0 Å². The van der Waals surface area contributed by atoms with Crippen LogP contribution in [0.25, 0.3) is 17.0 Å². The van der Waals surface area contributed by atoms with E-state index in [4.69, 9.17) is 4.74 Å². The second-order valence-corrected chi connectivity index (χ2v) is 8.24. The predicted octanol–water partition coefficient (Wildman–Crippen LogP) is 6.38. The van der Waals surface area contributed by atoms with E-state index in [0.717, 1.165) is 22.2 Å². The number of H-pyrrole nitrogens is 1. The van der Waals surface area contributed by atoms with Gasteiger partial charge in [0.2, 0.25) is 0 Å². The summed E-state index contributed by atoms with van der Waals surface area (Å²) in [6.45, 7) is 0. The van der Waals surface area contributed by atoms with Crippen molar-refractivity contribution in [1.29, 1.82) is 0 Å². The quantitative estimate of drug-likeness (QED) is 0.361. The molecule has 3 nitrogen and oxygen atoms in total. The smallest absolute Gasteiger partial charge is 0.102 e. The molecule has 2 unspecified atom stereocenters. The number of aromatic amines is 1. The van der Waals surface area contributed by atoms with Crippen molar-refractivity contribution in [3.63, 3.8) is 0 Å². The molecule has 3 aromatic carbocycles. The van der Waals surface area contributed by atoms with Gasteiger partial charge in [-0.15, -0.1) is 0 Å². The molecule has 1 aliphatic carbocycles. The van der Waals surface area contributed by atoms with Crippen LogP contribution >= 0.6 is 0 Å². The van der Waals surface area contributed by atoms with E-state index in [0.29, 0.717) is 0 Å². The van der Waals surface area contributed by atoms with E-state index in [-0.39, 0.29) is 18.1 Å². The third-order valence-corrected chi connectivity index (χ3v) is 6.48. The predicted molar refractivity (Wildman–Crippen MR) is 124 cm³/mol. The largest absolute Gasteiger partial charge is 0.387 e. The maximum absolute atomic E-state index is 10.7. The number of hydrogen-bond acceptors (Lipinski definition) is 2. The van der Waals surface area contributed by atoms with Gasteiger partial charge in [-0.25, -0.2) is 0 Å². The second kappa shape index (κ2) is 7.38. The minimum Gasteiger partial charge on any atom is -0.387 e. The van der Waals surface area contributed by atoms with Crippen LogP contribution in [0.5, 0.6) is 0 Å². The summed E-state index contributed by atoms with van der Waals surface area (Å²) in [6.07, 6.45) is 10.5. The number of para-hydroxylation sites is 1. The zero-order valence-electron chi connectivity index (χ0n) is 17.0. The Hall–Kier alpha value is -3.40. The highest BCUT2D eigenvalue weighted by atomic mass is 16.5. The monoisotopic (exact) mass is 405 g/mol. The van der Waals surface area contributed by atoms with Crippen LogP contribution in [0.4, 0.5) is 0 Å². The van der Waals surface area contributed by atoms with Gasteiger partial charge in [0.15, 0.2) is 0 Å². The third-order valence-electron chi connectivity index (χ3n) is 6.48. The summed E-state index contributed by atoms with van der Waals surface area (Å²) in [5.41, 5.74) is 7.07. The lowest BCUT2D eigenvalue weighted by atomic mass is 9.82. The molecule has 152 valence electrons. The molecule has 2 aliphatic heterocycles. The normalized spacial score (nSPS) is 24.5. The Bertz CT molecular complexity index is 1280. The average Bonchev–Trinajstić information content (AvgIpc) is 3.56. The first-order chi connectivity index (χ1) is 15.3. The molecule has 3 aliphatic rings. The molecular weight excluding hydrogens is 382 g/mol. The molecule has 2 N–H and O–H groups in total. The van der Waals surface area contributed by atoms with Crippen molar-refractivity contribution in [2.75, 3.05) is 0 Å². The van der Waals surface area contributed by atoms with Crippen molar-refractivity contribution in [2.45, 2.75) is 24.2 Å². The highest BCUT2D eigenvalue weighted by Crippen LogP contribution is 2.45. The van der Waals surface area contributed by atoms with Gasteiger partial charge in [-0.3, -0.25) is 0 Å². The van der Waals surface area contributed by atoms with Gasteiger partial charge in [-0.05, 0) is 33.9 Å². The molecular formula is C28H23NO2. The molecule has 2 bridgehead atoms.